The highest BCUT2D eigenvalue weighted by atomic mass is 19.4. The Balaban J connectivity index is 1.49. The first-order chi connectivity index (χ1) is 15.1. The van der Waals surface area contributed by atoms with Crippen molar-refractivity contribution in [2.24, 2.45) is 0 Å². The number of nitrogens with two attached hydrogens (primary N) is 1. The zero-order chi connectivity index (χ0) is 22.8. The number of H-pyrrole nitrogens is 1. The van der Waals surface area contributed by atoms with E-state index in [1.54, 1.807) is 20.0 Å². The summed E-state index contributed by atoms with van der Waals surface area (Å²) in [4.78, 5) is 22.3. The van der Waals surface area contributed by atoms with Crippen molar-refractivity contribution in [1.82, 2.24) is 14.9 Å². The number of amides is 1. The molecular weight excluding hydrogens is 425 g/mol. The molecule has 32 heavy (non-hydrogen) atoms. The maximum absolute atomic E-state index is 13.3. The highest BCUT2D eigenvalue weighted by Crippen LogP contribution is 2.40. The van der Waals surface area contributed by atoms with Gasteiger partial charge in [0.15, 0.2) is 0 Å². The number of nitrogen functional groups attached to an aromatic ring is 1. The number of pyridine rings is 1. The van der Waals surface area contributed by atoms with Crippen LogP contribution in [0.3, 0.4) is 0 Å². The number of nitrogens with zero attached hydrogens (tertiary/aromatic N) is 2. The predicted molar refractivity (Wildman–Crippen MR) is 110 cm³/mol. The number of hydrogen-bond acceptors (Lipinski definition) is 5. The summed E-state index contributed by atoms with van der Waals surface area (Å²) in [5.74, 6) is 0.0451. The van der Waals surface area contributed by atoms with Gasteiger partial charge >= 0.3 is 6.18 Å². The van der Waals surface area contributed by atoms with Crippen LogP contribution in [0.2, 0.25) is 0 Å². The first kappa shape index (κ1) is 20.8. The normalized spacial score (nSPS) is 20.3. The number of alkyl halides is 3. The monoisotopic (exact) mass is 446 g/mol. The molecule has 0 fully saturated rings. The van der Waals surface area contributed by atoms with Crippen molar-refractivity contribution in [2.45, 2.75) is 38.5 Å². The van der Waals surface area contributed by atoms with Crippen molar-refractivity contribution in [3.63, 3.8) is 0 Å². The van der Waals surface area contributed by atoms with Gasteiger partial charge in [-0.15, -0.1) is 0 Å². The van der Waals surface area contributed by atoms with Crippen LogP contribution in [0, 0.1) is 0 Å². The number of rotatable bonds is 2. The molecular formula is C22H21F3N4O3. The SMILES string of the molecule is C[C@H]1OC[C@H](N(C)C(=O)c2cc3nc(N)c4c(c3[nH]2)COC4)c2ccc(C(F)(F)F)cc21. The van der Waals surface area contributed by atoms with Gasteiger partial charge in [0, 0.05) is 18.2 Å². The van der Waals surface area contributed by atoms with Gasteiger partial charge in [-0.2, -0.15) is 13.2 Å². The number of benzene rings is 1. The van der Waals surface area contributed by atoms with Crippen LogP contribution >= 0.6 is 0 Å². The van der Waals surface area contributed by atoms with Crippen LogP contribution in [0.1, 0.15) is 57.4 Å². The fourth-order valence-corrected chi connectivity index (χ4v) is 4.43. The molecule has 0 spiro atoms. The van der Waals surface area contributed by atoms with Crippen molar-refractivity contribution in [3.8, 4) is 0 Å². The third-order valence-electron chi connectivity index (χ3n) is 6.24. The first-order valence-corrected chi connectivity index (χ1v) is 10.1. The summed E-state index contributed by atoms with van der Waals surface area (Å²) in [6.45, 7) is 2.64. The van der Waals surface area contributed by atoms with Crippen LogP contribution in [0.15, 0.2) is 24.3 Å². The molecule has 0 radical (unpaired) electrons. The van der Waals surface area contributed by atoms with Gasteiger partial charge in [0.2, 0.25) is 0 Å². The number of carbonyl (C=O) groups excluding carboxylic acids is 1. The Hall–Kier alpha value is -3.11. The third-order valence-corrected chi connectivity index (χ3v) is 6.24. The lowest BCUT2D eigenvalue weighted by atomic mass is 9.92. The smallest absolute Gasteiger partial charge is 0.383 e. The second-order valence-electron chi connectivity index (χ2n) is 8.14. The Morgan fingerprint density at radius 3 is 2.72 bits per heavy atom. The van der Waals surface area contributed by atoms with Gasteiger partial charge in [0.1, 0.15) is 11.5 Å². The summed E-state index contributed by atoms with van der Waals surface area (Å²) >= 11 is 0. The molecule has 0 saturated heterocycles. The molecule has 0 unspecified atom stereocenters. The molecule has 2 atom stereocenters. The Bertz CT molecular complexity index is 1240. The summed E-state index contributed by atoms with van der Waals surface area (Å²) in [7, 11) is 1.61. The van der Waals surface area contributed by atoms with E-state index in [9.17, 15) is 18.0 Å². The summed E-state index contributed by atoms with van der Waals surface area (Å²) in [5, 5.41) is 0. The van der Waals surface area contributed by atoms with E-state index in [1.165, 1.54) is 11.0 Å². The number of nitrogens with one attached hydrogen (secondary N) is 1. The Kier molecular flexibility index (Phi) is 4.68. The van der Waals surface area contributed by atoms with E-state index >= 15 is 0 Å². The molecule has 168 valence electrons. The summed E-state index contributed by atoms with van der Waals surface area (Å²) in [5.41, 5.74) is 9.61. The van der Waals surface area contributed by atoms with Gasteiger partial charge in [-0.05, 0) is 36.2 Å². The zero-order valence-corrected chi connectivity index (χ0v) is 17.4. The lowest BCUT2D eigenvalue weighted by molar-refractivity contribution is -0.137. The minimum atomic E-state index is -4.45. The largest absolute Gasteiger partial charge is 0.416 e. The van der Waals surface area contributed by atoms with Gasteiger partial charge in [-0.3, -0.25) is 4.79 Å². The van der Waals surface area contributed by atoms with Gasteiger partial charge in [-0.25, -0.2) is 4.98 Å². The lowest BCUT2D eigenvalue weighted by Crippen LogP contribution is -2.37. The topological polar surface area (TPSA) is 93.5 Å². The third kappa shape index (κ3) is 3.21. The number of halogens is 3. The molecule has 5 rings (SSSR count). The number of hydrogen-bond donors (Lipinski definition) is 2. The highest BCUT2D eigenvalue weighted by Gasteiger charge is 2.36. The minimum absolute atomic E-state index is 0.177. The van der Waals surface area contributed by atoms with Crippen LogP contribution in [0.5, 0.6) is 0 Å². The summed E-state index contributed by atoms with van der Waals surface area (Å²) in [6, 6.07) is 4.67. The molecule has 10 heteroatoms. The van der Waals surface area contributed by atoms with E-state index in [0.29, 0.717) is 46.9 Å². The molecule has 0 saturated carbocycles. The van der Waals surface area contributed by atoms with Crippen LogP contribution < -0.4 is 5.73 Å². The molecule has 2 aromatic heterocycles. The van der Waals surface area contributed by atoms with Gasteiger partial charge in [-0.1, -0.05) is 6.07 Å². The minimum Gasteiger partial charge on any atom is -0.383 e. The van der Waals surface area contributed by atoms with Crippen molar-refractivity contribution >= 4 is 22.8 Å². The standard InChI is InChI=1S/C22H21F3N4O3/c1-10-13-5-11(22(23,24)25)3-4-12(13)18(9-32-10)29(2)21(30)17-6-16-19(27-17)14-7-31-8-15(14)20(26)28-16/h3-6,10,18,27H,7-9H2,1-2H3,(H2,26,28)/t10-,18+/m1/s1. The van der Waals surface area contributed by atoms with Crippen molar-refractivity contribution < 1.29 is 27.4 Å². The molecule has 7 nitrogen and oxygen atoms in total. The Morgan fingerprint density at radius 1 is 1.22 bits per heavy atom. The predicted octanol–water partition coefficient (Wildman–Crippen LogP) is 4.10. The quantitative estimate of drug-likeness (QED) is 0.618. The molecule has 2 aliphatic heterocycles. The first-order valence-electron chi connectivity index (χ1n) is 10.1. The molecule has 0 bridgehead atoms. The molecule has 0 aliphatic carbocycles. The molecule has 3 N–H and O–H groups in total. The number of likely N-dealkylation sites (N-methyl/N-ethyl adjacent to an activating group) is 1. The number of fused-ring (bicyclic) bond motifs is 4. The number of carbonyl (C=O) groups is 1. The fraction of sp³-hybridized carbons (Fsp3) is 0.364. The van der Waals surface area contributed by atoms with E-state index < -0.39 is 23.9 Å². The lowest BCUT2D eigenvalue weighted by Gasteiger charge is -2.36. The maximum Gasteiger partial charge on any atom is 0.416 e. The number of anilines is 1. The summed E-state index contributed by atoms with van der Waals surface area (Å²) in [6.07, 6.45) is -4.96. The van der Waals surface area contributed by atoms with Crippen LogP contribution in [-0.4, -0.2) is 34.4 Å². The second kappa shape index (κ2) is 7.21. The molecule has 3 aromatic rings. The van der Waals surface area contributed by atoms with Gasteiger partial charge in [0.25, 0.3) is 5.91 Å². The molecule has 1 aromatic carbocycles. The summed E-state index contributed by atoms with van der Waals surface area (Å²) < 4.78 is 50.7. The molecule has 2 aliphatic rings. The van der Waals surface area contributed by atoms with Crippen molar-refractivity contribution in [3.05, 3.63) is 57.8 Å². The number of aromatic nitrogens is 2. The molecule has 1 amide bonds. The zero-order valence-electron chi connectivity index (χ0n) is 17.4. The van der Waals surface area contributed by atoms with E-state index in [1.807, 2.05) is 0 Å². The van der Waals surface area contributed by atoms with E-state index in [2.05, 4.69) is 9.97 Å². The van der Waals surface area contributed by atoms with Crippen LogP contribution in [0.25, 0.3) is 11.0 Å². The highest BCUT2D eigenvalue weighted by molar-refractivity contribution is 5.98. The van der Waals surface area contributed by atoms with Crippen molar-refractivity contribution in [1.29, 1.82) is 0 Å². The van der Waals surface area contributed by atoms with Crippen LogP contribution in [-0.2, 0) is 28.9 Å². The van der Waals surface area contributed by atoms with Crippen molar-refractivity contribution in [2.75, 3.05) is 19.4 Å². The number of ether oxygens (including phenoxy) is 2. The van der Waals surface area contributed by atoms with E-state index in [-0.39, 0.29) is 12.5 Å². The van der Waals surface area contributed by atoms with Crippen LogP contribution in [0.4, 0.5) is 19.0 Å². The fourth-order valence-electron chi connectivity index (χ4n) is 4.43. The average molecular weight is 446 g/mol. The Labute approximate surface area is 181 Å². The maximum atomic E-state index is 13.3. The average Bonchev–Trinajstić information content (AvgIpc) is 3.39. The second-order valence-corrected chi connectivity index (χ2v) is 8.14. The van der Waals surface area contributed by atoms with E-state index in [4.69, 9.17) is 15.2 Å². The van der Waals surface area contributed by atoms with Gasteiger partial charge in [0.05, 0.1) is 48.6 Å². The van der Waals surface area contributed by atoms with E-state index in [0.717, 1.165) is 23.3 Å². The number of aromatic amines is 1. The molecule has 4 heterocycles. The van der Waals surface area contributed by atoms with Gasteiger partial charge < -0.3 is 25.1 Å². The Morgan fingerprint density at radius 2 is 1.97 bits per heavy atom.